The van der Waals surface area contributed by atoms with Gasteiger partial charge in [0.1, 0.15) is 0 Å². The summed E-state index contributed by atoms with van der Waals surface area (Å²) in [5.74, 6) is 1.32. The summed E-state index contributed by atoms with van der Waals surface area (Å²) >= 11 is 1.53. The van der Waals surface area contributed by atoms with Gasteiger partial charge >= 0.3 is 0 Å². The zero-order valence-electron chi connectivity index (χ0n) is 17.0. The number of aromatic nitrogens is 1. The maximum atomic E-state index is 12.5. The van der Waals surface area contributed by atoms with Crippen LogP contribution in [0.15, 0.2) is 42.5 Å². The molecule has 4 rings (SSSR count). The van der Waals surface area contributed by atoms with Crippen LogP contribution in [0.5, 0.6) is 17.2 Å². The lowest BCUT2D eigenvalue weighted by atomic mass is 9.94. The van der Waals surface area contributed by atoms with Crippen molar-refractivity contribution >= 4 is 28.5 Å². The first kappa shape index (κ1) is 20.0. The van der Waals surface area contributed by atoms with Crippen LogP contribution < -0.4 is 19.5 Å². The number of benzene rings is 2. The van der Waals surface area contributed by atoms with Crippen LogP contribution in [0.3, 0.4) is 0 Å². The number of aryl methyl sites for hydroxylation is 2. The zero-order valence-corrected chi connectivity index (χ0v) is 17.8. The van der Waals surface area contributed by atoms with Gasteiger partial charge in [-0.05, 0) is 42.2 Å². The predicted molar refractivity (Wildman–Crippen MR) is 119 cm³/mol. The van der Waals surface area contributed by atoms with E-state index in [1.54, 1.807) is 39.5 Å². The zero-order chi connectivity index (χ0) is 21.1. The fourth-order valence-corrected chi connectivity index (χ4v) is 4.50. The Bertz CT molecular complexity index is 1100. The Morgan fingerprint density at radius 3 is 2.50 bits per heavy atom. The van der Waals surface area contributed by atoms with Crippen LogP contribution in [-0.2, 0) is 17.6 Å². The number of thiazole rings is 1. The molecule has 7 heteroatoms. The molecule has 1 aliphatic carbocycles. The monoisotopic (exact) mass is 422 g/mol. The van der Waals surface area contributed by atoms with Crippen LogP contribution in [0.1, 0.15) is 16.0 Å². The Hall–Kier alpha value is -3.32. The predicted octanol–water partition coefficient (Wildman–Crippen LogP) is 4.59. The normalized spacial score (nSPS) is 12.2. The summed E-state index contributed by atoms with van der Waals surface area (Å²) in [7, 11) is 4.66. The molecule has 0 saturated heterocycles. The number of fused-ring (bicyclic) bond motifs is 3. The van der Waals surface area contributed by atoms with Gasteiger partial charge in [-0.15, -0.1) is 11.3 Å². The molecule has 1 aliphatic rings. The summed E-state index contributed by atoms with van der Waals surface area (Å²) in [6.45, 7) is 0. The number of methoxy groups -OCH3 is 3. The first-order valence-corrected chi connectivity index (χ1v) is 10.3. The molecule has 0 atom stereocenters. The minimum absolute atomic E-state index is 0.247. The van der Waals surface area contributed by atoms with Crippen LogP contribution in [0.25, 0.3) is 17.3 Å². The van der Waals surface area contributed by atoms with E-state index in [1.807, 2.05) is 12.1 Å². The third-order valence-electron chi connectivity index (χ3n) is 4.94. The number of ether oxygens (including phenoxy) is 3. The van der Waals surface area contributed by atoms with Gasteiger partial charge in [0, 0.05) is 16.5 Å². The summed E-state index contributed by atoms with van der Waals surface area (Å²) in [5, 5.41) is 3.48. The molecule has 1 amide bonds. The van der Waals surface area contributed by atoms with Gasteiger partial charge in [0.25, 0.3) is 0 Å². The standard InChI is InChI=1S/C23H22N2O4S/c1-27-17-12-14(13-18(28-2)22(17)29-3)8-11-20(26)24-23-25-21-16-7-5-4-6-15(16)9-10-19(21)30-23/h4-8,11-13H,9-10H2,1-3H3,(H,24,25,26)/b11-8+. The summed E-state index contributed by atoms with van der Waals surface area (Å²) in [5.41, 5.74) is 4.19. The lowest BCUT2D eigenvalue weighted by Crippen LogP contribution is -2.07. The van der Waals surface area contributed by atoms with Crippen molar-refractivity contribution in [1.29, 1.82) is 0 Å². The summed E-state index contributed by atoms with van der Waals surface area (Å²) in [6, 6.07) is 11.9. The number of hydrogen-bond donors (Lipinski definition) is 1. The maximum absolute atomic E-state index is 12.5. The molecule has 0 spiro atoms. The molecule has 1 heterocycles. The summed E-state index contributed by atoms with van der Waals surface area (Å²) in [4.78, 5) is 18.3. The van der Waals surface area contributed by atoms with Gasteiger partial charge in [-0.3, -0.25) is 10.1 Å². The number of nitrogens with one attached hydrogen (secondary N) is 1. The largest absolute Gasteiger partial charge is 0.493 e. The fraction of sp³-hybridized carbons (Fsp3) is 0.217. The second kappa shape index (κ2) is 8.59. The van der Waals surface area contributed by atoms with Crippen LogP contribution in [0, 0.1) is 0 Å². The third kappa shape index (κ3) is 3.89. The van der Waals surface area contributed by atoms with E-state index < -0.39 is 0 Å². The molecule has 0 unspecified atom stereocenters. The molecule has 3 aromatic rings. The molecule has 6 nitrogen and oxygen atoms in total. The molecule has 0 saturated carbocycles. The Kier molecular flexibility index (Phi) is 5.72. The highest BCUT2D eigenvalue weighted by Crippen LogP contribution is 2.39. The van der Waals surface area contributed by atoms with Crippen LogP contribution in [0.4, 0.5) is 5.13 Å². The Morgan fingerprint density at radius 2 is 1.80 bits per heavy atom. The molecule has 0 radical (unpaired) electrons. The van der Waals surface area contributed by atoms with E-state index in [0.717, 1.165) is 29.7 Å². The Morgan fingerprint density at radius 1 is 1.07 bits per heavy atom. The SMILES string of the molecule is COc1cc(/C=C/C(=O)Nc2nc3c(s2)CCc2ccccc2-3)cc(OC)c1OC. The van der Waals surface area contributed by atoms with Crippen molar-refractivity contribution < 1.29 is 19.0 Å². The minimum atomic E-state index is -0.247. The van der Waals surface area contributed by atoms with Gasteiger partial charge in [0.2, 0.25) is 11.7 Å². The Balaban J connectivity index is 1.51. The molecule has 154 valence electrons. The molecule has 0 aliphatic heterocycles. The molecular weight excluding hydrogens is 400 g/mol. The highest BCUT2D eigenvalue weighted by molar-refractivity contribution is 7.16. The van der Waals surface area contributed by atoms with E-state index in [9.17, 15) is 4.79 Å². The average Bonchev–Trinajstić information content (AvgIpc) is 3.19. The molecular formula is C23H22N2O4S. The number of nitrogens with zero attached hydrogens (tertiary/aromatic N) is 1. The smallest absolute Gasteiger partial charge is 0.250 e. The van der Waals surface area contributed by atoms with Crippen molar-refractivity contribution in [1.82, 2.24) is 4.98 Å². The summed E-state index contributed by atoms with van der Waals surface area (Å²) in [6.07, 6.45) is 5.11. The highest BCUT2D eigenvalue weighted by atomic mass is 32.1. The fourth-order valence-electron chi connectivity index (χ4n) is 3.52. The van der Waals surface area contributed by atoms with Gasteiger partial charge in [-0.2, -0.15) is 0 Å². The first-order valence-electron chi connectivity index (χ1n) is 9.50. The van der Waals surface area contributed by atoms with E-state index in [0.29, 0.717) is 22.4 Å². The van der Waals surface area contributed by atoms with Gasteiger partial charge in [-0.1, -0.05) is 24.3 Å². The van der Waals surface area contributed by atoms with Gasteiger partial charge in [-0.25, -0.2) is 4.98 Å². The number of hydrogen-bond acceptors (Lipinski definition) is 6. The molecule has 2 aromatic carbocycles. The molecule has 1 aromatic heterocycles. The van der Waals surface area contributed by atoms with Crippen molar-refractivity contribution in [3.8, 4) is 28.5 Å². The number of carbonyl (C=O) groups excluding carboxylic acids is 1. The maximum Gasteiger partial charge on any atom is 0.250 e. The second-order valence-electron chi connectivity index (χ2n) is 6.73. The first-order chi connectivity index (χ1) is 14.6. The van der Waals surface area contributed by atoms with Gasteiger partial charge in [0.05, 0.1) is 27.0 Å². The number of carbonyl (C=O) groups is 1. The quantitative estimate of drug-likeness (QED) is 0.589. The lowest BCUT2D eigenvalue weighted by Gasteiger charge is -2.13. The van der Waals surface area contributed by atoms with E-state index >= 15 is 0 Å². The molecule has 0 fully saturated rings. The number of rotatable bonds is 6. The van der Waals surface area contributed by atoms with E-state index in [1.165, 1.54) is 27.9 Å². The lowest BCUT2D eigenvalue weighted by molar-refractivity contribution is -0.111. The van der Waals surface area contributed by atoms with Crippen molar-refractivity contribution in [2.45, 2.75) is 12.8 Å². The van der Waals surface area contributed by atoms with Gasteiger partial charge in [0.15, 0.2) is 16.6 Å². The average molecular weight is 423 g/mol. The van der Waals surface area contributed by atoms with Crippen molar-refractivity contribution in [2.24, 2.45) is 0 Å². The molecule has 30 heavy (non-hydrogen) atoms. The Labute approximate surface area is 179 Å². The third-order valence-corrected chi connectivity index (χ3v) is 5.97. The number of amides is 1. The van der Waals surface area contributed by atoms with Crippen LogP contribution in [-0.4, -0.2) is 32.2 Å². The van der Waals surface area contributed by atoms with Gasteiger partial charge < -0.3 is 14.2 Å². The van der Waals surface area contributed by atoms with E-state index in [-0.39, 0.29) is 5.91 Å². The minimum Gasteiger partial charge on any atom is -0.493 e. The molecule has 0 bridgehead atoms. The van der Waals surface area contributed by atoms with Crippen LogP contribution >= 0.6 is 11.3 Å². The van der Waals surface area contributed by atoms with Crippen molar-refractivity contribution in [2.75, 3.05) is 26.6 Å². The topological polar surface area (TPSA) is 69.7 Å². The van der Waals surface area contributed by atoms with Crippen molar-refractivity contribution in [3.63, 3.8) is 0 Å². The van der Waals surface area contributed by atoms with E-state index in [2.05, 4.69) is 22.4 Å². The number of anilines is 1. The molecule has 1 N–H and O–H groups in total. The van der Waals surface area contributed by atoms with Crippen molar-refractivity contribution in [3.05, 3.63) is 58.5 Å². The van der Waals surface area contributed by atoms with E-state index in [4.69, 9.17) is 14.2 Å². The second-order valence-corrected chi connectivity index (χ2v) is 7.81. The highest BCUT2D eigenvalue weighted by Gasteiger charge is 2.21. The summed E-state index contributed by atoms with van der Waals surface area (Å²) < 4.78 is 16.0. The van der Waals surface area contributed by atoms with Crippen LogP contribution in [0.2, 0.25) is 0 Å².